The van der Waals surface area contributed by atoms with E-state index in [-0.39, 0.29) is 5.92 Å². The zero-order chi connectivity index (χ0) is 12.1. The number of rotatable bonds is 4. The van der Waals surface area contributed by atoms with Gasteiger partial charge in [-0.25, -0.2) is 0 Å². The van der Waals surface area contributed by atoms with E-state index in [0.717, 1.165) is 18.6 Å². The van der Waals surface area contributed by atoms with Crippen molar-refractivity contribution in [3.8, 4) is 11.8 Å². The number of ether oxygens (including phenoxy) is 1. The first-order valence-electron chi connectivity index (χ1n) is 5.66. The number of nitrogens with zero attached hydrogens (tertiary/aromatic N) is 1. The van der Waals surface area contributed by atoms with Gasteiger partial charge in [0.1, 0.15) is 5.75 Å². The number of benzene rings is 1. The lowest BCUT2D eigenvalue weighted by Gasteiger charge is -2.14. The van der Waals surface area contributed by atoms with Crippen molar-refractivity contribution in [2.45, 2.75) is 33.6 Å². The Hall–Kier alpha value is -1.49. The number of hydrogen-bond acceptors (Lipinski definition) is 2. The van der Waals surface area contributed by atoms with Crippen LogP contribution in [0.15, 0.2) is 12.1 Å². The van der Waals surface area contributed by atoms with Gasteiger partial charge in [0.05, 0.1) is 19.1 Å². The second-order valence-corrected chi connectivity index (χ2v) is 4.20. The lowest BCUT2D eigenvalue weighted by molar-refractivity contribution is 0.406. The van der Waals surface area contributed by atoms with Gasteiger partial charge in [-0.3, -0.25) is 0 Å². The standard InChI is InChI=1S/C14H19NO/c1-5-12(9-15)8-13-11(3)6-10(2)7-14(13)16-4/h6-7,12H,5,8H2,1-4H3. The van der Waals surface area contributed by atoms with Crippen molar-refractivity contribution in [3.05, 3.63) is 28.8 Å². The Morgan fingerprint density at radius 3 is 2.56 bits per heavy atom. The van der Waals surface area contributed by atoms with Crippen LogP contribution in [0, 0.1) is 31.1 Å². The summed E-state index contributed by atoms with van der Waals surface area (Å²) in [6, 6.07) is 6.51. The van der Waals surface area contributed by atoms with Crippen LogP contribution >= 0.6 is 0 Å². The Balaban J connectivity index is 3.07. The van der Waals surface area contributed by atoms with Crippen LogP contribution in [0.4, 0.5) is 0 Å². The van der Waals surface area contributed by atoms with Gasteiger partial charge in [-0.05, 0) is 49.4 Å². The Bertz CT molecular complexity index is 404. The lowest BCUT2D eigenvalue weighted by atomic mass is 9.93. The first-order valence-corrected chi connectivity index (χ1v) is 5.66. The molecule has 0 heterocycles. The van der Waals surface area contributed by atoms with Gasteiger partial charge < -0.3 is 4.74 Å². The van der Waals surface area contributed by atoms with E-state index in [1.54, 1.807) is 7.11 Å². The van der Waals surface area contributed by atoms with Crippen molar-refractivity contribution in [1.82, 2.24) is 0 Å². The SMILES string of the molecule is CCC(C#N)Cc1c(C)cc(C)cc1OC. The molecule has 1 aromatic rings. The molecule has 0 aliphatic carbocycles. The smallest absolute Gasteiger partial charge is 0.122 e. The monoisotopic (exact) mass is 217 g/mol. The lowest BCUT2D eigenvalue weighted by Crippen LogP contribution is -2.04. The predicted octanol–water partition coefficient (Wildman–Crippen LogP) is 3.40. The highest BCUT2D eigenvalue weighted by Gasteiger charge is 2.13. The summed E-state index contributed by atoms with van der Waals surface area (Å²) in [4.78, 5) is 0. The summed E-state index contributed by atoms with van der Waals surface area (Å²) in [7, 11) is 1.69. The summed E-state index contributed by atoms with van der Waals surface area (Å²) in [6.07, 6.45) is 1.66. The summed E-state index contributed by atoms with van der Waals surface area (Å²) in [6.45, 7) is 6.18. The van der Waals surface area contributed by atoms with Crippen molar-refractivity contribution >= 4 is 0 Å². The molecule has 16 heavy (non-hydrogen) atoms. The van der Waals surface area contributed by atoms with E-state index in [1.807, 2.05) is 13.0 Å². The van der Waals surface area contributed by atoms with Crippen LogP contribution < -0.4 is 4.74 Å². The van der Waals surface area contributed by atoms with E-state index < -0.39 is 0 Å². The maximum absolute atomic E-state index is 9.01. The molecule has 2 nitrogen and oxygen atoms in total. The predicted molar refractivity (Wildman–Crippen MR) is 65.6 cm³/mol. The first kappa shape index (κ1) is 12.6. The molecule has 1 aromatic carbocycles. The third-order valence-corrected chi connectivity index (χ3v) is 2.92. The molecule has 0 bridgehead atoms. The van der Waals surface area contributed by atoms with Crippen LogP contribution in [-0.4, -0.2) is 7.11 Å². The quantitative estimate of drug-likeness (QED) is 0.774. The van der Waals surface area contributed by atoms with Gasteiger partial charge in [0.25, 0.3) is 0 Å². The van der Waals surface area contributed by atoms with Gasteiger partial charge >= 0.3 is 0 Å². The molecule has 86 valence electrons. The van der Waals surface area contributed by atoms with E-state index in [1.165, 1.54) is 16.7 Å². The summed E-state index contributed by atoms with van der Waals surface area (Å²) < 4.78 is 5.39. The molecule has 1 unspecified atom stereocenters. The fraction of sp³-hybridized carbons (Fsp3) is 0.500. The summed E-state index contributed by atoms with van der Waals surface area (Å²) in [5.41, 5.74) is 3.58. The largest absolute Gasteiger partial charge is 0.496 e. The maximum Gasteiger partial charge on any atom is 0.122 e. The van der Waals surface area contributed by atoms with E-state index in [9.17, 15) is 0 Å². The molecule has 0 saturated heterocycles. The van der Waals surface area contributed by atoms with Crippen LogP contribution in [0.2, 0.25) is 0 Å². The minimum absolute atomic E-state index is 0.0790. The minimum Gasteiger partial charge on any atom is -0.496 e. The third kappa shape index (κ3) is 2.76. The number of aryl methyl sites for hydroxylation is 2. The number of nitriles is 1. The normalized spacial score (nSPS) is 11.9. The second-order valence-electron chi connectivity index (χ2n) is 4.20. The molecule has 0 fully saturated rings. The second kappa shape index (κ2) is 5.55. The Morgan fingerprint density at radius 1 is 1.38 bits per heavy atom. The topological polar surface area (TPSA) is 33.0 Å². The number of methoxy groups -OCH3 is 1. The van der Waals surface area contributed by atoms with E-state index in [0.29, 0.717) is 0 Å². The van der Waals surface area contributed by atoms with E-state index >= 15 is 0 Å². The van der Waals surface area contributed by atoms with E-state index in [2.05, 4.69) is 26.0 Å². The van der Waals surface area contributed by atoms with Gasteiger partial charge in [-0.1, -0.05) is 13.0 Å². The average Bonchev–Trinajstić information content (AvgIpc) is 2.27. The molecule has 2 heteroatoms. The van der Waals surface area contributed by atoms with Crippen LogP contribution in [-0.2, 0) is 6.42 Å². The minimum atomic E-state index is 0.0790. The summed E-state index contributed by atoms with van der Waals surface area (Å²) >= 11 is 0. The molecule has 0 spiro atoms. The van der Waals surface area contributed by atoms with Gasteiger partial charge in [-0.2, -0.15) is 5.26 Å². The fourth-order valence-electron chi connectivity index (χ4n) is 1.93. The third-order valence-electron chi connectivity index (χ3n) is 2.92. The molecule has 0 amide bonds. The molecule has 0 radical (unpaired) electrons. The van der Waals surface area contributed by atoms with Gasteiger partial charge in [0.2, 0.25) is 0 Å². The van der Waals surface area contributed by atoms with Crippen molar-refractivity contribution in [2.75, 3.05) is 7.11 Å². The number of hydrogen-bond donors (Lipinski definition) is 0. The molecule has 0 aromatic heterocycles. The maximum atomic E-state index is 9.01. The molecule has 0 N–H and O–H groups in total. The van der Waals surface area contributed by atoms with Gasteiger partial charge in [0.15, 0.2) is 0 Å². The molecule has 0 aliphatic heterocycles. The zero-order valence-corrected chi connectivity index (χ0v) is 10.5. The highest BCUT2D eigenvalue weighted by molar-refractivity contribution is 5.43. The molecular formula is C14H19NO. The van der Waals surface area contributed by atoms with Crippen LogP contribution in [0.1, 0.15) is 30.0 Å². The highest BCUT2D eigenvalue weighted by atomic mass is 16.5. The average molecular weight is 217 g/mol. The Kier molecular flexibility index (Phi) is 4.37. The Labute approximate surface area is 97.9 Å². The van der Waals surface area contributed by atoms with Crippen LogP contribution in [0.25, 0.3) is 0 Å². The summed E-state index contributed by atoms with van der Waals surface area (Å²) in [5, 5.41) is 9.01. The summed E-state index contributed by atoms with van der Waals surface area (Å²) in [5.74, 6) is 0.988. The van der Waals surface area contributed by atoms with Crippen LogP contribution in [0.3, 0.4) is 0 Å². The highest BCUT2D eigenvalue weighted by Crippen LogP contribution is 2.27. The fourth-order valence-corrected chi connectivity index (χ4v) is 1.93. The molecule has 1 rings (SSSR count). The van der Waals surface area contributed by atoms with Crippen molar-refractivity contribution < 1.29 is 4.74 Å². The van der Waals surface area contributed by atoms with Gasteiger partial charge in [-0.15, -0.1) is 0 Å². The van der Waals surface area contributed by atoms with Crippen molar-refractivity contribution in [2.24, 2.45) is 5.92 Å². The molecule has 1 atom stereocenters. The van der Waals surface area contributed by atoms with Crippen molar-refractivity contribution in [1.29, 1.82) is 5.26 Å². The van der Waals surface area contributed by atoms with Gasteiger partial charge in [0, 0.05) is 0 Å². The first-order chi connectivity index (χ1) is 7.62. The molecule has 0 aliphatic rings. The van der Waals surface area contributed by atoms with E-state index in [4.69, 9.17) is 10.00 Å². The Morgan fingerprint density at radius 2 is 2.06 bits per heavy atom. The molecular weight excluding hydrogens is 198 g/mol. The van der Waals surface area contributed by atoms with Crippen LogP contribution in [0.5, 0.6) is 5.75 Å². The zero-order valence-electron chi connectivity index (χ0n) is 10.5. The van der Waals surface area contributed by atoms with Crippen molar-refractivity contribution in [3.63, 3.8) is 0 Å². The molecule has 0 saturated carbocycles.